The molecule has 0 spiro atoms. The molecule has 0 aliphatic carbocycles. The maximum Gasteiger partial charge on any atom is 0.363 e. The van der Waals surface area contributed by atoms with Crippen LogP contribution in [0.25, 0.3) is 6.08 Å². The van der Waals surface area contributed by atoms with Crippen LogP contribution in [0.5, 0.6) is 28.7 Å². The number of nitrogens with zero attached hydrogens (tertiary/aromatic N) is 1. The van der Waals surface area contributed by atoms with Gasteiger partial charge in [-0.1, -0.05) is 12.1 Å². The minimum Gasteiger partial charge on any atom is -0.493 e. The molecule has 158 valence electrons. The minimum absolute atomic E-state index is 0.130. The lowest BCUT2D eigenvalue weighted by molar-refractivity contribution is -0.129. The highest BCUT2D eigenvalue weighted by molar-refractivity contribution is 6.13. The fourth-order valence-corrected chi connectivity index (χ4v) is 3.02. The van der Waals surface area contributed by atoms with Gasteiger partial charge in [-0.05, 0) is 31.2 Å². The zero-order valence-electron chi connectivity index (χ0n) is 17.5. The lowest BCUT2D eigenvalue weighted by Crippen LogP contribution is -2.07. The fraction of sp³-hybridized carbons (Fsp3) is 0.273. The van der Waals surface area contributed by atoms with E-state index in [0.717, 1.165) is 0 Å². The predicted molar refractivity (Wildman–Crippen MR) is 111 cm³/mol. The Bertz CT molecular complexity index is 986. The fourth-order valence-electron chi connectivity index (χ4n) is 3.02. The Kier molecular flexibility index (Phi) is 6.46. The van der Waals surface area contributed by atoms with Gasteiger partial charge in [-0.3, -0.25) is 0 Å². The normalized spacial score (nSPS) is 14.2. The lowest BCUT2D eigenvalue weighted by atomic mass is 10.1. The number of carbonyl (C=O) groups is 1. The monoisotopic (exact) mass is 413 g/mol. The van der Waals surface area contributed by atoms with E-state index in [1.807, 2.05) is 13.0 Å². The van der Waals surface area contributed by atoms with E-state index in [1.54, 1.807) is 30.3 Å². The van der Waals surface area contributed by atoms with Gasteiger partial charge >= 0.3 is 5.97 Å². The number of benzene rings is 2. The van der Waals surface area contributed by atoms with Crippen LogP contribution in [0.15, 0.2) is 41.0 Å². The zero-order valence-corrected chi connectivity index (χ0v) is 17.5. The van der Waals surface area contributed by atoms with Crippen molar-refractivity contribution in [1.29, 1.82) is 0 Å². The molecule has 0 unspecified atom stereocenters. The second-order valence-electron chi connectivity index (χ2n) is 6.06. The van der Waals surface area contributed by atoms with Crippen molar-refractivity contribution in [2.75, 3.05) is 35.0 Å². The topological polar surface area (TPSA) is 84.8 Å². The molecule has 0 saturated carbocycles. The standard InChI is InChI=1S/C22H23NO7/c1-6-29-16-9-7-8-13(19(16)27-4)10-15-22(24)30-21(23-15)14-11-17(25-2)20(28-5)18(12-14)26-3/h7-12H,6H2,1-5H3. The van der Waals surface area contributed by atoms with Crippen LogP contribution in [-0.2, 0) is 9.53 Å². The number of rotatable bonds is 8. The molecule has 3 rings (SSSR count). The Morgan fingerprint density at radius 1 is 0.933 bits per heavy atom. The molecule has 1 aliphatic rings. The highest BCUT2D eigenvalue weighted by Gasteiger charge is 2.27. The van der Waals surface area contributed by atoms with Crippen molar-refractivity contribution >= 4 is 17.9 Å². The summed E-state index contributed by atoms with van der Waals surface area (Å²) in [5.41, 5.74) is 1.28. The van der Waals surface area contributed by atoms with Crippen LogP contribution >= 0.6 is 0 Å². The highest BCUT2D eigenvalue weighted by Crippen LogP contribution is 2.39. The summed E-state index contributed by atoms with van der Waals surface area (Å²) < 4.78 is 32.4. The summed E-state index contributed by atoms with van der Waals surface area (Å²) in [5, 5.41) is 0. The summed E-state index contributed by atoms with van der Waals surface area (Å²) in [6, 6.07) is 8.72. The molecule has 8 heteroatoms. The van der Waals surface area contributed by atoms with Crippen LogP contribution in [0.4, 0.5) is 0 Å². The molecule has 0 radical (unpaired) electrons. The Balaban J connectivity index is 2.03. The number of esters is 1. The molecule has 2 aromatic rings. The summed E-state index contributed by atoms with van der Waals surface area (Å²) in [6.07, 6.45) is 1.59. The number of para-hydroxylation sites is 1. The molecule has 8 nitrogen and oxygen atoms in total. The summed E-state index contributed by atoms with van der Waals surface area (Å²) in [6.45, 7) is 2.37. The minimum atomic E-state index is -0.581. The third-order valence-electron chi connectivity index (χ3n) is 4.34. The van der Waals surface area contributed by atoms with Crippen LogP contribution in [0.2, 0.25) is 0 Å². The van der Waals surface area contributed by atoms with Crippen LogP contribution in [0, 0.1) is 0 Å². The molecule has 0 bridgehead atoms. The molecule has 1 heterocycles. The Labute approximate surface area is 174 Å². The van der Waals surface area contributed by atoms with Gasteiger partial charge in [0, 0.05) is 11.1 Å². The van der Waals surface area contributed by atoms with E-state index in [2.05, 4.69) is 4.99 Å². The first-order valence-electron chi connectivity index (χ1n) is 9.19. The van der Waals surface area contributed by atoms with Gasteiger partial charge < -0.3 is 28.4 Å². The van der Waals surface area contributed by atoms with Crippen molar-refractivity contribution in [3.63, 3.8) is 0 Å². The van der Waals surface area contributed by atoms with E-state index in [1.165, 1.54) is 28.4 Å². The van der Waals surface area contributed by atoms with Gasteiger partial charge in [0.1, 0.15) is 0 Å². The van der Waals surface area contributed by atoms with Crippen LogP contribution < -0.4 is 23.7 Å². The molecule has 1 aliphatic heterocycles. The Morgan fingerprint density at radius 2 is 1.60 bits per heavy atom. The molecule has 2 aromatic carbocycles. The molecule has 0 atom stereocenters. The number of methoxy groups -OCH3 is 4. The molecule has 0 fully saturated rings. The van der Waals surface area contributed by atoms with E-state index in [0.29, 0.717) is 46.5 Å². The van der Waals surface area contributed by atoms with Crippen LogP contribution in [0.1, 0.15) is 18.1 Å². The van der Waals surface area contributed by atoms with Crippen LogP contribution in [-0.4, -0.2) is 46.9 Å². The lowest BCUT2D eigenvalue weighted by Gasteiger charge is -2.13. The number of aliphatic imine (C=N–C) groups is 1. The van der Waals surface area contributed by atoms with E-state index < -0.39 is 5.97 Å². The highest BCUT2D eigenvalue weighted by atomic mass is 16.6. The van der Waals surface area contributed by atoms with E-state index >= 15 is 0 Å². The molecular weight excluding hydrogens is 390 g/mol. The first-order valence-corrected chi connectivity index (χ1v) is 9.19. The predicted octanol–water partition coefficient (Wildman–Crippen LogP) is 3.46. The number of carbonyl (C=O) groups excluding carboxylic acids is 1. The van der Waals surface area contributed by atoms with Crippen molar-refractivity contribution in [2.45, 2.75) is 6.92 Å². The van der Waals surface area contributed by atoms with Gasteiger partial charge in [-0.15, -0.1) is 0 Å². The van der Waals surface area contributed by atoms with Gasteiger partial charge in [-0.2, -0.15) is 0 Å². The summed E-state index contributed by atoms with van der Waals surface area (Å²) in [4.78, 5) is 16.8. The smallest absolute Gasteiger partial charge is 0.363 e. The SMILES string of the molecule is CCOc1cccc(C=C2N=C(c3cc(OC)c(OC)c(OC)c3)OC2=O)c1OC. The second-order valence-corrected chi connectivity index (χ2v) is 6.06. The van der Waals surface area contributed by atoms with Crippen molar-refractivity contribution in [1.82, 2.24) is 0 Å². The number of hydrogen-bond donors (Lipinski definition) is 0. The summed E-state index contributed by atoms with van der Waals surface area (Å²) in [7, 11) is 6.06. The third-order valence-corrected chi connectivity index (χ3v) is 4.34. The Morgan fingerprint density at radius 3 is 2.17 bits per heavy atom. The van der Waals surface area contributed by atoms with Gasteiger partial charge in [0.2, 0.25) is 11.6 Å². The van der Waals surface area contributed by atoms with Gasteiger partial charge in [-0.25, -0.2) is 9.79 Å². The average molecular weight is 413 g/mol. The number of hydrogen-bond acceptors (Lipinski definition) is 8. The molecule has 0 amide bonds. The van der Waals surface area contributed by atoms with Gasteiger partial charge in [0.05, 0.1) is 35.0 Å². The largest absolute Gasteiger partial charge is 0.493 e. The Hall–Kier alpha value is -3.68. The van der Waals surface area contributed by atoms with Gasteiger partial charge in [0.25, 0.3) is 0 Å². The van der Waals surface area contributed by atoms with E-state index in [9.17, 15) is 4.79 Å². The zero-order chi connectivity index (χ0) is 21.7. The third kappa shape index (κ3) is 4.03. The van der Waals surface area contributed by atoms with Crippen molar-refractivity contribution < 1.29 is 33.2 Å². The summed E-state index contributed by atoms with van der Waals surface area (Å²) >= 11 is 0. The number of ether oxygens (including phenoxy) is 6. The maximum absolute atomic E-state index is 12.4. The average Bonchev–Trinajstić information content (AvgIpc) is 3.13. The van der Waals surface area contributed by atoms with Gasteiger partial charge in [0.15, 0.2) is 28.7 Å². The maximum atomic E-state index is 12.4. The van der Waals surface area contributed by atoms with Crippen molar-refractivity contribution in [3.8, 4) is 28.7 Å². The second kappa shape index (κ2) is 9.21. The van der Waals surface area contributed by atoms with E-state index in [4.69, 9.17) is 28.4 Å². The van der Waals surface area contributed by atoms with Crippen molar-refractivity contribution in [3.05, 3.63) is 47.2 Å². The molecular formula is C22H23NO7. The summed E-state index contributed by atoms with van der Waals surface area (Å²) in [5.74, 6) is 1.92. The van der Waals surface area contributed by atoms with E-state index in [-0.39, 0.29) is 11.6 Å². The quantitative estimate of drug-likeness (QED) is 0.484. The first kappa shape index (κ1) is 21.0. The molecule has 30 heavy (non-hydrogen) atoms. The number of cyclic esters (lactones) is 1. The molecule has 0 N–H and O–H groups in total. The molecule has 0 saturated heterocycles. The van der Waals surface area contributed by atoms with Crippen LogP contribution in [0.3, 0.4) is 0 Å². The first-order chi connectivity index (χ1) is 14.6. The molecule has 0 aromatic heterocycles. The van der Waals surface area contributed by atoms with Crippen molar-refractivity contribution in [2.24, 2.45) is 4.99 Å².